The highest BCUT2D eigenvalue weighted by Gasteiger charge is 2.17. The van der Waals surface area contributed by atoms with Gasteiger partial charge in [0.25, 0.3) is 15.9 Å². The van der Waals surface area contributed by atoms with Crippen molar-refractivity contribution in [2.45, 2.75) is 11.8 Å². The Bertz CT molecular complexity index is 1200. The summed E-state index contributed by atoms with van der Waals surface area (Å²) >= 11 is 0. The second kappa shape index (κ2) is 7.24. The van der Waals surface area contributed by atoms with E-state index in [0.717, 1.165) is 11.1 Å². The Morgan fingerprint density at radius 2 is 1.75 bits per heavy atom. The summed E-state index contributed by atoms with van der Waals surface area (Å²) in [6.45, 7) is 2.00. The van der Waals surface area contributed by atoms with Crippen LogP contribution in [0, 0.1) is 6.92 Å². The van der Waals surface area contributed by atoms with Crippen LogP contribution >= 0.6 is 0 Å². The summed E-state index contributed by atoms with van der Waals surface area (Å²) in [5, 5.41) is 3.99. The topological polar surface area (TPSA) is 98.0 Å². The lowest BCUT2D eigenvalue weighted by molar-refractivity contribution is 0.432. The summed E-state index contributed by atoms with van der Waals surface area (Å²) in [6, 6.07) is 19.0. The van der Waals surface area contributed by atoms with E-state index in [1.165, 1.54) is 18.3 Å². The Balaban J connectivity index is 1.63. The van der Waals surface area contributed by atoms with E-state index < -0.39 is 10.0 Å². The Morgan fingerprint density at radius 1 is 0.929 bits per heavy atom. The van der Waals surface area contributed by atoms with Gasteiger partial charge in [0.1, 0.15) is 5.82 Å². The zero-order valence-corrected chi connectivity index (χ0v) is 15.7. The van der Waals surface area contributed by atoms with Gasteiger partial charge in [-0.1, -0.05) is 47.1 Å². The molecule has 0 radical (unpaired) electrons. The third-order valence-corrected chi connectivity index (χ3v) is 5.38. The number of aryl methyl sites for hydroxylation is 1. The molecule has 4 aromatic rings. The molecule has 0 aliphatic rings. The summed E-state index contributed by atoms with van der Waals surface area (Å²) in [7, 11) is -3.80. The number of sulfonamides is 1. The molecule has 140 valence electrons. The maximum Gasteiger partial charge on any atom is 0.263 e. The Labute approximate surface area is 162 Å². The minimum atomic E-state index is -3.80. The molecule has 0 bridgehead atoms. The molecular formula is C20H16N4O3S. The first-order valence-electron chi connectivity index (χ1n) is 8.46. The van der Waals surface area contributed by atoms with Gasteiger partial charge in [-0.15, -0.1) is 0 Å². The van der Waals surface area contributed by atoms with Crippen molar-refractivity contribution in [2.24, 2.45) is 0 Å². The van der Waals surface area contributed by atoms with E-state index in [1.54, 1.807) is 30.3 Å². The zero-order valence-electron chi connectivity index (χ0n) is 14.9. The Kier molecular flexibility index (Phi) is 4.62. The molecule has 0 spiro atoms. The molecule has 28 heavy (non-hydrogen) atoms. The number of aromatic nitrogens is 3. The number of nitrogens with one attached hydrogen (secondary N) is 1. The van der Waals surface area contributed by atoms with E-state index in [9.17, 15) is 8.42 Å². The van der Waals surface area contributed by atoms with Crippen LogP contribution in [0.5, 0.6) is 0 Å². The van der Waals surface area contributed by atoms with Crippen LogP contribution in [-0.2, 0) is 10.0 Å². The van der Waals surface area contributed by atoms with Gasteiger partial charge >= 0.3 is 0 Å². The average Bonchev–Trinajstić information content (AvgIpc) is 3.19. The van der Waals surface area contributed by atoms with Crippen molar-refractivity contribution in [2.75, 3.05) is 4.72 Å². The molecule has 2 aromatic heterocycles. The van der Waals surface area contributed by atoms with Crippen molar-refractivity contribution < 1.29 is 12.9 Å². The smallest absolute Gasteiger partial charge is 0.263 e. The first kappa shape index (κ1) is 17.9. The van der Waals surface area contributed by atoms with Crippen molar-refractivity contribution in [1.82, 2.24) is 15.1 Å². The molecule has 2 heterocycles. The standard InChI is InChI=1S/C20H16N4O3S/c1-14-8-10-15(11-9-14)19-22-20(27-23-19)16-5-4-6-17(13-16)28(25,26)24-18-7-2-3-12-21-18/h2-13H,1H3,(H,21,24). The lowest BCUT2D eigenvalue weighted by atomic mass is 10.1. The first-order valence-corrected chi connectivity index (χ1v) is 9.95. The monoisotopic (exact) mass is 392 g/mol. The number of nitrogens with zero attached hydrogens (tertiary/aromatic N) is 3. The minimum Gasteiger partial charge on any atom is -0.334 e. The quantitative estimate of drug-likeness (QED) is 0.553. The van der Waals surface area contributed by atoms with Gasteiger partial charge < -0.3 is 4.52 Å². The molecule has 0 amide bonds. The number of benzene rings is 2. The molecule has 0 aliphatic heterocycles. The molecule has 0 atom stereocenters. The molecule has 1 N–H and O–H groups in total. The van der Waals surface area contributed by atoms with Crippen LogP contribution in [0.15, 0.2) is 82.3 Å². The van der Waals surface area contributed by atoms with Gasteiger partial charge in [-0.05, 0) is 37.3 Å². The number of pyridine rings is 1. The van der Waals surface area contributed by atoms with Crippen LogP contribution in [0.25, 0.3) is 22.8 Å². The molecule has 0 fully saturated rings. The summed E-state index contributed by atoms with van der Waals surface area (Å²) in [5.41, 5.74) is 2.46. The van der Waals surface area contributed by atoms with Gasteiger partial charge in [-0.3, -0.25) is 4.72 Å². The number of hydrogen-bond donors (Lipinski definition) is 1. The van der Waals surface area contributed by atoms with Gasteiger partial charge in [0.15, 0.2) is 0 Å². The maximum atomic E-state index is 12.6. The molecule has 0 saturated heterocycles. The van der Waals surface area contributed by atoms with Crippen LogP contribution in [-0.4, -0.2) is 23.5 Å². The fraction of sp³-hybridized carbons (Fsp3) is 0.0500. The summed E-state index contributed by atoms with van der Waals surface area (Å²) in [4.78, 5) is 8.44. The number of hydrogen-bond acceptors (Lipinski definition) is 6. The van der Waals surface area contributed by atoms with E-state index in [4.69, 9.17) is 4.52 Å². The van der Waals surface area contributed by atoms with Crippen LogP contribution in [0.3, 0.4) is 0 Å². The van der Waals surface area contributed by atoms with Crippen LogP contribution in [0.4, 0.5) is 5.82 Å². The molecule has 0 unspecified atom stereocenters. The second-order valence-electron chi connectivity index (χ2n) is 6.14. The van der Waals surface area contributed by atoms with Crippen molar-refractivity contribution in [3.05, 3.63) is 78.5 Å². The summed E-state index contributed by atoms with van der Waals surface area (Å²) in [6.07, 6.45) is 1.51. The number of anilines is 1. The predicted octanol–water partition coefficient (Wildman–Crippen LogP) is 3.91. The highest BCUT2D eigenvalue weighted by molar-refractivity contribution is 7.92. The van der Waals surface area contributed by atoms with Crippen molar-refractivity contribution in [1.29, 1.82) is 0 Å². The van der Waals surface area contributed by atoms with Crippen molar-refractivity contribution in [3.63, 3.8) is 0 Å². The van der Waals surface area contributed by atoms with E-state index in [0.29, 0.717) is 11.4 Å². The van der Waals surface area contributed by atoms with Crippen LogP contribution in [0.1, 0.15) is 5.56 Å². The normalized spacial score (nSPS) is 11.3. The highest BCUT2D eigenvalue weighted by Crippen LogP contribution is 2.25. The third-order valence-electron chi connectivity index (χ3n) is 4.03. The summed E-state index contributed by atoms with van der Waals surface area (Å²) < 4.78 is 33.0. The van der Waals surface area contributed by atoms with Gasteiger partial charge in [-0.2, -0.15) is 4.98 Å². The lowest BCUT2D eigenvalue weighted by Crippen LogP contribution is -2.13. The van der Waals surface area contributed by atoms with E-state index in [-0.39, 0.29) is 16.6 Å². The lowest BCUT2D eigenvalue weighted by Gasteiger charge is -2.07. The minimum absolute atomic E-state index is 0.0748. The molecule has 8 heteroatoms. The molecule has 7 nitrogen and oxygen atoms in total. The fourth-order valence-corrected chi connectivity index (χ4v) is 3.63. The molecular weight excluding hydrogens is 376 g/mol. The van der Waals surface area contributed by atoms with Gasteiger partial charge in [0.2, 0.25) is 5.82 Å². The molecule has 0 aliphatic carbocycles. The largest absolute Gasteiger partial charge is 0.334 e. The van der Waals surface area contributed by atoms with E-state index >= 15 is 0 Å². The van der Waals surface area contributed by atoms with Crippen molar-refractivity contribution in [3.8, 4) is 22.8 Å². The van der Waals surface area contributed by atoms with Gasteiger partial charge in [0, 0.05) is 17.3 Å². The van der Waals surface area contributed by atoms with Gasteiger partial charge in [0.05, 0.1) is 4.90 Å². The molecule has 0 saturated carbocycles. The zero-order chi connectivity index (χ0) is 19.6. The van der Waals surface area contributed by atoms with E-state index in [1.807, 2.05) is 31.2 Å². The SMILES string of the molecule is Cc1ccc(-c2noc(-c3cccc(S(=O)(=O)Nc4ccccn4)c3)n2)cc1. The molecule has 2 aromatic carbocycles. The predicted molar refractivity (Wildman–Crippen MR) is 105 cm³/mol. The maximum absolute atomic E-state index is 12.6. The Morgan fingerprint density at radius 3 is 2.50 bits per heavy atom. The highest BCUT2D eigenvalue weighted by atomic mass is 32.2. The molecule has 4 rings (SSSR count). The van der Waals surface area contributed by atoms with Crippen LogP contribution in [0.2, 0.25) is 0 Å². The second-order valence-corrected chi connectivity index (χ2v) is 7.82. The first-order chi connectivity index (χ1) is 13.5. The van der Waals surface area contributed by atoms with Crippen molar-refractivity contribution >= 4 is 15.8 Å². The van der Waals surface area contributed by atoms with E-state index in [2.05, 4.69) is 19.8 Å². The average molecular weight is 392 g/mol. The number of rotatable bonds is 5. The third kappa shape index (κ3) is 3.77. The summed E-state index contributed by atoms with van der Waals surface area (Å²) in [5.74, 6) is 0.924. The van der Waals surface area contributed by atoms with Gasteiger partial charge in [-0.25, -0.2) is 13.4 Å². The van der Waals surface area contributed by atoms with Crippen LogP contribution < -0.4 is 4.72 Å². The fourth-order valence-electron chi connectivity index (χ4n) is 2.58. The Hall–Kier alpha value is -3.52.